The van der Waals surface area contributed by atoms with Gasteiger partial charge in [-0.2, -0.15) is 0 Å². The van der Waals surface area contributed by atoms with Gasteiger partial charge in [-0.1, -0.05) is 43.2 Å². The van der Waals surface area contributed by atoms with E-state index in [2.05, 4.69) is 29.9 Å². The fourth-order valence-electron chi connectivity index (χ4n) is 1.89. The van der Waals surface area contributed by atoms with Crippen molar-refractivity contribution in [3.63, 3.8) is 0 Å². The first-order valence-electron chi connectivity index (χ1n) is 5.79. The van der Waals surface area contributed by atoms with Crippen LogP contribution in [0.5, 0.6) is 0 Å². The summed E-state index contributed by atoms with van der Waals surface area (Å²) in [6.45, 7) is 6.08. The van der Waals surface area contributed by atoms with Crippen molar-refractivity contribution < 1.29 is 0 Å². The van der Waals surface area contributed by atoms with Gasteiger partial charge in [-0.15, -0.1) is 11.7 Å². The quantitative estimate of drug-likeness (QED) is 0.716. The molecule has 1 unspecified atom stereocenters. The number of para-hydroxylation sites is 1. The topological polar surface area (TPSA) is 30.7 Å². The lowest BCUT2D eigenvalue weighted by Gasteiger charge is -2.12. The lowest BCUT2D eigenvalue weighted by atomic mass is 10.1. The highest BCUT2D eigenvalue weighted by atomic mass is 15.4. The minimum Gasteiger partial charge on any atom is -0.238 e. The summed E-state index contributed by atoms with van der Waals surface area (Å²) in [6.07, 6.45) is 5.41. The molecule has 3 nitrogen and oxygen atoms in total. The van der Waals surface area contributed by atoms with Crippen molar-refractivity contribution in [2.24, 2.45) is 0 Å². The third-order valence-electron chi connectivity index (χ3n) is 2.82. The molecule has 2 rings (SSSR count). The van der Waals surface area contributed by atoms with E-state index in [0.29, 0.717) is 0 Å². The second-order valence-electron chi connectivity index (χ2n) is 3.97. The fourth-order valence-corrected chi connectivity index (χ4v) is 1.89. The third-order valence-corrected chi connectivity index (χ3v) is 2.82. The van der Waals surface area contributed by atoms with E-state index in [1.165, 1.54) is 12.8 Å². The monoisotopic (exact) mass is 215 g/mol. The molecule has 0 aliphatic rings. The van der Waals surface area contributed by atoms with Gasteiger partial charge in [0.2, 0.25) is 0 Å². The Morgan fingerprint density at radius 1 is 1.44 bits per heavy atom. The fraction of sp³-hybridized carbons (Fsp3) is 0.385. The van der Waals surface area contributed by atoms with E-state index in [-0.39, 0.29) is 6.04 Å². The van der Waals surface area contributed by atoms with Crippen LogP contribution in [-0.2, 0) is 0 Å². The minimum absolute atomic E-state index is 0.257. The zero-order valence-corrected chi connectivity index (χ0v) is 9.63. The van der Waals surface area contributed by atoms with Gasteiger partial charge in [0, 0.05) is 0 Å². The first-order chi connectivity index (χ1) is 7.86. The van der Waals surface area contributed by atoms with Crippen molar-refractivity contribution in [3.05, 3.63) is 36.9 Å². The molecule has 0 fully saturated rings. The molecule has 0 aliphatic heterocycles. The molecule has 1 heterocycles. The minimum atomic E-state index is 0.257. The molecule has 0 saturated heterocycles. The summed E-state index contributed by atoms with van der Waals surface area (Å²) in [5.74, 6) is 0. The zero-order valence-electron chi connectivity index (χ0n) is 9.63. The van der Waals surface area contributed by atoms with Gasteiger partial charge >= 0.3 is 0 Å². The lowest BCUT2D eigenvalue weighted by molar-refractivity contribution is 0.485. The Balaban J connectivity index is 2.33. The van der Waals surface area contributed by atoms with Crippen LogP contribution in [0.3, 0.4) is 0 Å². The summed E-state index contributed by atoms with van der Waals surface area (Å²) in [4.78, 5) is 0. The summed E-state index contributed by atoms with van der Waals surface area (Å²) >= 11 is 0. The Bertz CT molecular complexity index is 473. The van der Waals surface area contributed by atoms with Crippen molar-refractivity contribution in [2.45, 2.75) is 32.2 Å². The van der Waals surface area contributed by atoms with Crippen LogP contribution in [0, 0.1) is 0 Å². The van der Waals surface area contributed by atoms with Crippen LogP contribution < -0.4 is 0 Å². The number of hydrogen-bond donors (Lipinski definition) is 0. The Morgan fingerprint density at radius 3 is 3.00 bits per heavy atom. The van der Waals surface area contributed by atoms with E-state index in [4.69, 9.17) is 0 Å². The van der Waals surface area contributed by atoms with E-state index in [9.17, 15) is 0 Å². The Morgan fingerprint density at radius 2 is 2.25 bits per heavy atom. The number of rotatable bonds is 5. The highest BCUT2D eigenvalue weighted by Crippen LogP contribution is 2.20. The van der Waals surface area contributed by atoms with Gasteiger partial charge in [0.1, 0.15) is 5.52 Å². The maximum atomic E-state index is 4.21. The Kier molecular flexibility index (Phi) is 3.34. The van der Waals surface area contributed by atoms with Gasteiger partial charge in [0.25, 0.3) is 0 Å². The van der Waals surface area contributed by atoms with Gasteiger partial charge in [0.15, 0.2) is 0 Å². The van der Waals surface area contributed by atoms with E-state index in [1.807, 2.05) is 29.0 Å². The molecular formula is C13H17N3. The van der Waals surface area contributed by atoms with Crippen LogP contribution in [0.1, 0.15) is 32.2 Å². The molecule has 0 radical (unpaired) electrons. The second kappa shape index (κ2) is 4.92. The maximum Gasteiger partial charge on any atom is 0.113 e. The van der Waals surface area contributed by atoms with Crippen LogP contribution in [0.4, 0.5) is 0 Å². The van der Waals surface area contributed by atoms with Crippen LogP contribution in [-0.4, -0.2) is 15.0 Å². The second-order valence-corrected chi connectivity index (χ2v) is 3.97. The number of nitrogens with zero attached hydrogens (tertiary/aromatic N) is 3. The normalized spacial score (nSPS) is 12.8. The van der Waals surface area contributed by atoms with E-state index in [0.717, 1.165) is 17.5 Å². The number of benzene rings is 1. The van der Waals surface area contributed by atoms with E-state index >= 15 is 0 Å². The van der Waals surface area contributed by atoms with Crippen LogP contribution in [0.15, 0.2) is 36.9 Å². The lowest BCUT2D eigenvalue weighted by Crippen LogP contribution is -2.08. The predicted octanol–water partition coefficient (Wildman–Crippen LogP) is 3.35. The summed E-state index contributed by atoms with van der Waals surface area (Å²) in [6, 6.07) is 8.29. The average molecular weight is 215 g/mol. The SMILES string of the molecule is C=CC(CCCC)n1nnc2ccccc21. The molecule has 0 amide bonds. The number of hydrogen-bond acceptors (Lipinski definition) is 2. The van der Waals surface area contributed by atoms with Crippen molar-refractivity contribution in [1.82, 2.24) is 15.0 Å². The van der Waals surface area contributed by atoms with Gasteiger partial charge < -0.3 is 0 Å². The van der Waals surface area contributed by atoms with Gasteiger partial charge in [-0.3, -0.25) is 0 Å². The summed E-state index contributed by atoms with van der Waals surface area (Å²) in [5.41, 5.74) is 2.04. The molecule has 2 aromatic rings. The van der Waals surface area contributed by atoms with Crippen molar-refractivity contribution in [1.29, 1.82) is 0 Å². The van der Waals surface area contributed by atoms with Gasteiger partial charge in [-0.25, -0.2) is 4.68 Å². The molecule has 16 heavy (non-hydrogen) atoms. The molecule has 0 N–H and O–H groups in total. The van der Waals surface area contributed by atoms with E-state index < -0.39 is 0 Å². The Labute approximate surface area is 95.8 Å². The van der Waals surface area contributed by atoms with Crippen LogP contribution in [0.25, 0.3) is 11.0 Å². The molecule has 1 aromatic heterocycles. The largest absolute Gasteiger partial charge is 0.238 e. The molecule has 0 spiro atoms. The highest BCUT2D eigenvalue weighted by Gasteiger charge is 2.11. The summed E-state index contributed by atoms with van der Waals surface area (Å²) < 4.78 is 1.97. The molecule has 0 saturated carbocycles. The number of fused-ring (bicyclic) bond motifs is 1. The van der Waals surface area contributed by atoms with Crippen molar-refractivity contribution in [3.8, 4) is 0 Å². The summed E-state index contributed by atoms with van der Waals surface area (Å²) in [7, 11) is 0. The number of unbranched alkanes of at least 4 members (excludes halogenated alkanes) is 1. The standard InChI is InChI=1S/C13H17N3/c1-3-5-8-11(4-2)16-13-10-7-6-9-12(13)14-15-16/h4,6-7,9-11H,2-3,5,8H2,1H3. The van der Waals surface area contributed by atoms with Crippen LogP contribution >= 0.6 is 0 Å². The maximum absolute atomic E-state index is 4.21. The molecule has 3 heteroatoms. The first-order valence-corrected chi connectivity index (χ1v) is 5.79. The molecule has 1 aromatic carbocycles. The average Bonchev–Trinajstić information content (AvgIpc) is 2.75. The molecule has 0 bridgehead atoms. The van der Waals surface area contributed by atoms with Gasteiger partial charge in [0.05, 0.1) is 11.6 Å². The van der Waals surface area contributed by atoms with E-state index in [1.54, 1.807) is 0 Å². The number of aromatic nitrogens is 3. The van der Waals surface area contributed by atoms with Crippen molar-refractivity contribution in [2.75, 3.05) is 0 Å². The van der Waals surface area contributed by atoms with Gasteiger partial charge in [-0.05, 0) is 18.6 Å². The zero-order chi connectivity index (χ0) is 11.4. The third kappa shape index (κ3) is 1.98. The van der Waals surface area contributed by atoms with Crippen LogP contribution in [0.2, 0.25) is 0 Å². The molecule has 0 aliphatic carbocycles. The highest BCUT2D eigenvalue weighted by molar-refractivity contribution is 5.74. The molecule has 84 valence electrons. The predicted molar refractivity (Wildman–Crippen MR) is 66.3 cm³/mol. The first kappa shape index (κ1) is 10.9. The summed E-state index contributed by atoms with van der Waals surface area (Å²) in [5, 5.41) is 8.38. The smallest absolute Gasteiger partial charge is 0.113 e. The molecule has 1 atom stereocenters. The molecular weight excluding hydrogens is 198 g/mol. The van der Waals surface area contributed by atoms with Crippen molar-refractivity contribution >= 4 is 11.0 Å². The Hall–Kier alpha value is -1.64. The number of allylic oxidation sites excluding steroid dienone is 1.